The van der Waals surface area contributed by atoms with Crippen molar-refractivity contribution in [2.75, 3.05) is 7.11 Å². The number of allylic oxidation sites excluding steroid dienone is 4. The summed E-state index contributed by atoms with van der Waals surface area (Å²) in [6, 6.07) is 9.18. The molecule has 1 atom stereocenters. The van der Waals surface area contributed by atoms with E-state index in [1.54, 1.807) is 0 Å². The molecule has 1 aromatic carbocycles. The van der Waals surface area contributed by atoms with E-state index >= 15 is 0 Å². The normalized spacial score (nSPS) is 12.4. The summed E-state index contributed by atoms with van der Waals surface area (Å²) in [5.74, 6) is 0. The van der Waals surface area contributed by atoms with Gasteiger partial charge in [-0.2, -0.15) is 0 Å². The average molecular weight is 404 g/mol. The van der Waals surface area contributed by atoms with Crippen LogP contribution >= 0.6 is 0 Å². The number of H-pyrrole nitrogens is 1. The number of hydrogen-bond acceptors (Lipinski definition) is 4. The van der Waals surface area contributed by atoms with Gasteiger partial charge in [0, 0.05) is 35.4 Å². The lowest BCUT2D eigenvalue weighted by Gasteiger charge is -2.11. The number of aromatic nitrogens is 1. The maximum atomic E-state index is 8.00. The molecular weight excluding hydrogens is 362 g/mol. The van der Waals surface area contributed by atoms with Crippen LogP contribution in [0.2, 0.25) is 0 Å². The maximum absolute atomic E-state index is 8.00. The van der Waals surface area contributed by atoms with Crippen LogP contribution in [0.15, 0.2) is 41.6 Å². The molecule has 1 unspecified atom stereocenters. The molecule has 2 aromatic rings. The smallest absolute Gasteiger partial charge is 0.106 e. The quantitative estimate of drug-likeness (QED) is 0.530. The summed E-state index contributed by atoms with van der Waals surface area (Å²) in [7, 11) is 1.00. The number of carbonyl (C=O) groups is 1. The van der Waals surface area contributed by atoms with Crippen LogP contribution in [0.4, 0.5) is 0 Å². The van der Waals surface area contributed by atoms with Crippen LogP contribution in [0.25, 0.3) is 16.5 Å². The molecule has 0 aliphatic rings. The predicted molar refractivity (Wildman–Crippen MR) is 128 cm³/mol. The molecule has 0 saturated carbocycles. The second-order valence-corrected chi connectivity index (χ2v) is 6.54. The Morgan fingerprint density at radius 2 is 1.76 bits per heavy atom. The molecule has 5 heteroatoms. The van der Waals surface area contributed by atoms with E-state index in [1.165, 1.54) is 33.3 Å². The predicted octanol–water partition coefficient (Wildman–Crippen LogP) is 4.94. The van der Waals surface area contributed by atoms with E-state index in [2.05, 4.69) is 69.9 Å². The number of benzene rings is 1. The third-order valence-electron chi connectivity index (χ3n) is 4.57. The van der Waals surface area contributed by atoms with Crippen LogP contribution in [0, 0.1) is 0 Å². The fourth-order valence-corrected chi connectivity index (χ4v) is 2.59. The summed E-state index contributed by atoms with van der Waals surface area (Å²) in [6.07, 6.45) is 5.14. The summed E-state index contributed by atoms with van der Waals surface area (Å²) in [5, 5.41) is 8.27. The molecular formula is C24H41N3O2. The molecule has 1 aromatic heterocycles. The Balaban J connectivity index is 0. The van der Waals surface area contributed by atoms with E-state index < -0.39 is 0 Å². The first-order valence-corrected chi connectivity index (χ1v) is 10.1. The van der Waals surface area contributed by atoms with Gasteiger partial charge in [-0.15, -0.1) is 0 Å². The fourth-order valence-electron chi connectivity index (χ4n) is 2.59. The van der Waals surface area contributed by atoms with Crippen molar-refractivity contribution in [3.63, 3.8) is 0 Å². The number of rotatable bonds is 5. The number of carbonyl (C=O) groups excluding carboxylic acids is 1. The summed E-state index contributed by atoms with van der Waals surface area (Å²) in [6.45, 7) is 14.5. The molecule has 0 amide bonds. The first-order valence-electron chi connectivity index (χ1n) is 10.1. The van der Waals surface area contributed by atoms with Crippen LogP contribution in [0.5, 0.6) is 0 Å². The minimum absolute atomic E-state index is 0.384. The van der Waals surface area contributed by atoms with Crippen molar-refractivity contribution in [1.82, 2.24) is 4.98 Å². The summed E-state index contributed by atoms with van der Waals surface area (Å²) < 4.78 is 0. The monoisotopic (exact) mass is 403 g/mol. The van der Waals surface area contributed by atoms with Crippen molar-refractivity contribution in [1.29, 1.82) is 0 Å². The number of aliphatic hydroxyl groups excluding tert-OH is 1. The number of nitrogens with one attached hydrogen (secondary N) is 1. The van der Waals surface area contributed by atoms with Gasteiger partial charge in [0.1, 0.15) is 6.79 Å². The molecule has 5 nitrogen and oxygen atoms in total. The molecule has 164 valence electrons. The van der Waals surface area contributed by atoms with E-state index in [4.69, 9.17) is 21.4 Å². The second kappa shape index (κ2) is 16.6. The van der Waals surface area contributed by atoms with E-state index in [9.17, 15) is 0 Å². The Hall–Kier alpha value is -2.37. The molecule has 0 fully saturated rings. The Morgan fingerprint density at radius 3 is 2.17 bits per heavy atom. The molecule has 0 aliphatic carbocycles. The number of aliphatic hydroxyl groups is 1. The molecule has 0 saturated heterocycles. The van der Waals surface area contributed by atoms with Gasteiger partial charge in [0.05, 0.1) is 0 Å². The third kappa shape index (κ3) is 9.59. The number of aromatic amines is 1. The van der Waals surface area contributed by atoms with Crippen LogP contribution in [0.3, 0.4) is 0 Å². The zero-order chi connectivity index (χ0) is 23.0. The SMILES string of the molecule is C/C=C(\C(C)=C(/N)CC)c1ccc2[nH]c(CC)cc2c1.C=O.CCC(C)N.CO. The van der Waals surface area contributed by atoms with Crippen LogP contribution < -0.4 is 11.5 Å². The molecule has 0 bridgehead atoms. The molecule has 0 radical (unpaired) electrons. The van der Waals surface area contributed by atoms with Crippen molar-refractivity contribution in [2.24, 2.45) is 11.5 Å². The first kappa shape index (κ1) is 28.8. The largest absolute Gasteiger partial charge is 0.402 e. The summed E-state index contributed by atoms with van der Waals surface area (Å²) >= 11 is 0. The van der Waals surface area contributed by atoms with Crippen LogP contribution in [-0.4, -0.2) is 30.0 Å². The van der Waals surface area contributed by atoms with Crippen molar-refractivity contribution in [3.05, 3.63) is 52.9 Å². The highest BCUT2D eigenvalue weighted by Crippen LogP contribution is 2.28. The number of hydrogen-bond donors (Lipinski definition) is 4. The molecule has 6 N–H and O–H groups in total. The number of fused-ring (bicyclic) bond motifs is 1. The van der Waals surface area contributed by atoms with E-state index in [-0.39, 0.29) is 0 Å². The van der Waals surface area contributed by atoms with Crippen LogP contribution in [-0.2, 0) is 11.2 Å². The Morgan fingerprint density at radius 1 is 1.21 bits per heavy atom. The van der Waals surface area contributed by atoms with Gasteiger partial charge in [-0.05, 0) is 74.9 Å². The highest BCUT2D eigenvalue weighted by Gasteiger charge is 2.08. The van der Waals surface area contributed by atoms with Crippen molar-refractivity contribution >= 4 is 23.3 Å². The van der Waals surface area contributed by atoms with Gasteiger partial charge in [-0.25, -0.2) is 0 Å². The lowest BCUT2D eigenvalue weighted by atomic mass is 9.95. The Kier molecular flexibility index (Phi) is 16.5. The first-order chi connectivity index (χ1) is 13.9. The number of nitrogens with two attached hydrogens (primary N) is 2. The molecule has 1 heterocycles. The minimum Gasteiger partial charge on any atom is -0.402 e. The van der Waals surface area contributed by atoms with Crippen molar-refractivity contribution in [3.8, 4) is 0 Å². The average Bonchev–Trinajstić information content (AvgIpc) is 3.19. The van der Waals surface area contributed by atoms with Gasteiger partial charge in [0.2, 0.25) is 0 Å². The van der Waals surface area contributed by atoms with E-state index in [1.807, 2.05) is 13.7 Å². The summed E-state index contributed by atoms with van der Waals surface area (Å²) in [5.41, 5.74) is 18.5. The Labute approximate surface area is 176 Å². The van der Waals surface area contributed by atoms with Crippen LogP contribution in [0.1, 0.15) is 65.6 Å². The zero-order valence-electron chi connectivity index (χ0n) is 19.3. The topological polar surface area (TPSA) is 105 Å². The van der Waals surface area contributed by atoms with Gasteiger partial charge in [0.15, 0.2) is 0 Å². The third-order valence-corrected chi connectivity index (χ3v) is 4.57. The lowest BCUT2D eigenvalue weighted by Crippen LogP contribution is -2.11. The maximum Gasteiger partial charge on any atom is 0.106 e. The highest BCUT2D eigenvalue weighted by atomic mass is 16.2. The van der Waals surface area contributed by atoms with Crippen molar-refractivity contribution < 1.29 is 9.90 Å². The zero-order valence-corrected chi connectivity index (χ0v) is 19.3. The van der Waals surface area contributed by atoms with Gasteiger partial charge in [-0.3, -0.25) is 0 Å². The standard InChI is InChI=1S/C18H24N2.C4H11N.CH4O.CH2O/c1-5-15-11-14-10-13(8-9-18(14)20-15)16(6-2)12(4)17(19)7-3;1-3-4(2)5;2*1-2/h6,8-11,20H,5,7,19H2,1-4H3;4H,3,5H2,1-2H3;2H,1H3;1H2/b16-6+,17-12-;;;. The van der Waals surface area contributed by atoms with Gasteiger partial charge in [-0.1, -0.05) is 32.9 Å². The fraction of sp³-hybridized carbons (Fsp3) is 0.458. The number of aryl methyl sites for hydroxylation is 1. The molecule has 0 spiro atoms. The lowest BCUT2D eigenvalue weighted by molar-refractivity contribution is -0.0979. The molecule has 0 aliphatic heterocycles. The van der Waals surface area contributed by atoms with Gasteiger partial charge in [0.25, 0.3) is 0 Å². The molecule has 29 heavy (non-hydrogen) atoms. The summed E-state index contributed by atoms with van der Waals surface area (Å²) in [4.78, 5) is 11.4. The van der Waals surface area contributed by atoms with Gasteiger partial charge >= 0.3 is 0 Å². The Bertz CT molecular complexity index is 759. The molecule has 2 rings (SSSR count). The van der Waals surface area contributed by atoms with Gasteiger partial charge < -0.3 is 26.4 Å². The highest BCUT2D eigenvalue weighted by molar-refractivity contribution is 5.88. The van der Waals surface area contributed by atoms with E-state index in [0.29, 0.717) is 6.04 Å². The van der Waals surface area contributed by atoms with Crippen molar-refractivity contribution in [2.45, 2.75) is 66.8 Å². The second-order valence-electron chi connectivity index (χ2n) is 6.54. The van der Waals surface area contributed by atoms with E-state index in [0.717, 1.165) is 32.1 Å². The minimum atomic E-state index is 0.384.